The molecule has 0 radical (unpaired) electrons. The van der Waals surface area contributed by atoms with Gasteiger partial charge in [-0.25, -0.2) is 9.59 Å². The Morgan fingerprint density at radius 2 is 0.850 bits per heavy atom. The van der Waals surface area contributed by atoms with Crippen LogP contribution in [0.1, 0.15) is 51.4 Å². The monoisotopic (exact) mass is 546 g/mol. The Bertz CT molecular complexity index is 1020. The van der Waals surface area contributed by atoms with Crippen molar-refractivity contribution < 1.29 is 28.5 Å². The summed E-state index contributed by atoms with van der Waals surface area (Å²) in [6.07, 6.45) is 47.2. The van der Waals surface area contributed by atoms with E-state index in [0.717, 1.165) is 44.9 Å². The summed E-state index contributed by atoms with van der Waals surface area (Å²) < 4.78 is 19.4. The number of carbonyl (C=O) groups excluding carboxylic acids is 2. The normalized spacial score (nSPS) is 20.5. The van der Waals surface area contributed by atoms with Gasteiger partial charge in [0, 0.05) is 6.42 Å². The van der Waals surface area contributed by atoms with Crippen molar-refractivity contribution in [2.75, 3.05) is 13.2 Å². The minimum atomic E-state index is -0.578. The van der Waals surface area contributed by atoms with Gasteiger partial charge < -0.3 is 18.9 Å². The van der Waals surface area contributed by atoms with Crippen molar-refractivity contribution in [2.24, 2.45) is 0 Å². The minimum absolute atomic E-state index is 0.0767. The largest absolute Gasteiger partial charge is 0.508 e. The highest BCUT2D eigenvalue weighted by molar-refractivity contribution is 5.62. The molecule has 6 heteroatoms. The number of hydrogen-bond donors (Lipinski definition) is 0. The first-order valence-corrected chi connectivity index (χ1v) is 14.0. The van der Waals surface area contributed by atoms with E-state index < -0.39 is 12.3 Å². The maximum atomic E-state index is 10.8. The standard InChI is InChI=1S/C34H42O6/c35-33-37-29-31(39-33)27-25-23-21-19-17-15-13-11-9-7-5-3-1-2-4-6-8-10-12-14-16-18-20-22-24-26-28-32-30-38-34(36)40-32/h1-6,11-23,25,31-32H,7-10,24,26-30H2. The van der Waals surface area contributed by atoms with E-state index in [1.807, 2.05) is 60.8 Å². The predicted octanol–water partition coefficient (Wildman–Crippen LogP) is 8.74. The number of allylic oxidation sites excluding steroid dienone is 19. The van der Waals surface area contributed by atoms with Gasteiger partial charge in [-0.2, -0.15) is 0 Å². The summed E-state index contributed by atoms with van der Waals surface area (Å²) in [4.78, 5) is 21.6. The van der Waals surface area contributed by atoms with Crippen LogP contribution in [-0.4, -0.2) is 37.7 Å². The molecule has 2 fully saturated rings. The van der Waals surface area contributed by atoms with Crippen LogP contribution in [0.4, 0.5) is 9.59 Å². The summed E-state index contributed by atoms with van der Waals surface area (Å²) in [5.41, 5.74) is 0. The molecule has 2 heterocycles. The SMILES string of the molecule is O=C1OCC(CC=CC=CC=CC=CCCC=CC=CC=CCCC=CC=CC=CCCCC2COC(=O)O2)O1. The number of unbranched alkanes of at least 4 members (excludes halogenated alkanes) is 3. The number of hydrogen-bond acceptors (Lipinski definition) is 6. The third-order valence-electron chi connectivity index (χ3n) is 5.63. The molecule has 0 aromatic rings. The lowest BCUT2D eigenvalue weighted by Gasteiger charge is -2.03. The van der Waals surface area contributed by atoms with Crippen LogP contribution in [0.5, 0.6) is 0 Å². The van der Waals surface area contributed by atoms with Gasteiger partial charge in [0.2, 0.25) is 0 Å². The lowest BCUT2D eigenvalue weighted by molar-refractivity contribution is 0.115. The van der Waals surface area contributed by atoms with E-state index in [9.17, 15) is 9.59 Å². The maximum Gasteiger partial charge on any atom is 0.508 e. The Morgan fingerprint density at radius 3 is 1.27 bits per heavy atom. The Hall–Kier alpha value is -4.06. The van der Waals surface area contributed by atoms with E-state index in [0.29, 0.717) is 19.6 Å². The smallest absolute Gasteiger partial charge is 0.430 e. The molecule has 214 valence electrons. The van der Waals surface area contributed by atoms with Crippen LogP contribution in [0, 0.1) is 0 Å². The highest BCUT2D eigenvalue weighted by Gasteiger charge is 2.24. The minimum Gasteiger partial charge on any atom is -0.430 e. The average Bonchev–Trinajstić information content (AvgIpc) is 3.57. The maximum absolute atomic E-state index is 10.8. The molecule has 40 heavy (non-hydrogen) atoms. The molecule has 0 aliphatic carbocycles. The van der Waals surface area contributed by atoms with E-state index in [-0.39, 0.29) is 12.2 Å². The van der Waals surface area contributed by atoms with Crippen LogP contribution in [-0.2, 0) is 18.9 Å². The molecule has 2 aliphatic rings. The Kier molecular flexibility index (Phi) is 18.4. The first-order chi connectivity index (χ1) is 19.7. The molecule has 0 spiro atoms. The zero-order chi connectivity index (χ0) is 28.4. The molecule has 2 aliphatic heterocycles. The number of rotatable bonds is 19. The van der Waals surface area contributed by atoms with Gasteiger partial charge in [0.05, 0.1) is 0 Å². The Labute approximate surface area is 239 Å². The molecule has 2 unspecified atom stereocenters. The van der Waals surface area contributed by atoms with Gasteiger partial charge in [0.1, 0.15) is 25.4 Å². The Balaban J connectivity index is 1.37. The number of ether oxygens (including phenoxy) is 4. The van der Waals surface area contributed by atoms with Crippen LogP contribution in [0.3, 0.4) is 0 Å². The van der Waals surface area contributed by atoms with Crippen LogP contribution in [0.2, 0.25) is 0 Å². The van der Waals surface area contributed by atoms with E-state index in [1.165, 1.54) is 0 Å². The van der Waals surface area contributed by atoms with Crippen molar-refractivity contribution in [3.05, 3.63) is 122 Å². The second kappa shape index (κ2) is 22.9. The van der Waals surface area contributed by atoms with Gasteiger partial charge in [-0.3, -0.25) is 0 Å². The summed E-state index contributed by atoms with van der Waals surface area (Å²) >= 11 is 0. The number of carbonyl (C=O) groups is 2. The fourth-order valence-electron chi connectivity index (χ4n) is 3.53. The van der Waals surface area contributed by atoms with Crippen molar-refractivity contribution in [3.63, 3.8) is 0 Å². The molecule has 2 rings (SSSR count). The molecule has 2 atom stereocenters. The van der Waals surface area contributed by atoms with Crippen molar-refractivity contribution >= 4 is 12.3 Å². The van der Waals surface area contributed by atoms with Crippen LogP contribution < -0.4 is 0 Å². The molecule has 0 aromatic heterocycles. The van der Waals surface area contributed by atoms with Crippen LogP contribution in [0.25, 0.3) is 0 Å². The van der Waals surface area contributed by atoms with Crippen LogP contribution >= 0.6 is 0 Å². The summed E-state index contributed by atoms with van der Waals surface area (Å²) in [6, 6.07) is 0. The molecule has 0 saturated carbocycles. The van der Waals surface area contributed by atoms with Crippen molar-refractivity contribution in [1.82, 2.24) is 0 Å². The zero-order valence-corrected chi connectivity index (χ0v) is 23.2. The highest BCUT2D eigenvalue weighted by Crippen LogP contribution is 2.13. The lowest BCUT2D eigenvalue weighted by atomic mass is 10.1. The van der Waals surface area contributed by atoms with Gasteiger partial charge in [-0.1, -0.05) is 122 Å². The third kappa shape index (κ3) is 18.2. The molecule has 6 nitrogen and oxygen atoms in total. The van der Waals surface area contributed by atoms with E-state index in [4.69, 9.17) is 18.9 Å². The molecule has 0 aromatic carbocycles. The first-order valence-electron chi connectivity index (χ1n) is 14.0. The van der Waals surface area contributed by atoms with Gasteiger partial charge in [0.25, 0.3) is 0 Å². The van der Waals surface area contributed by atoms with E-state index >= 15 is 0 Å². The first kappa shape index (κ1) is 32.2. The predicted molar refractivity (Wildman–Crippen MR) is 161 cm³/mol. The van der Waals surface area contributed by atoms with Gasteiger partial charge in [0.15, 0.2) is 0 Å². The topological polar surface area (TPSA) is 71.1 Å². The van der Waals surface area contributed by atoms with Crippen molar-refractivity contribution in [3.8, 4) is 0 Å². The molecule has 0 N–H and O–H groups in total. The Morgan fingerprint density at radius 1 is 0.475 bits per heavy atom. The van der Waals surface area contributed by atoms with Gasteiger partial charge in [-0.05, 0) is 44.9 Å². The molecular formula is C34H42O6. The van der Waals surface area contributed by atoms with Crippen molar-refractivity contribution in [1.29, 1.82) is 0 Å². The molecular weight excluding hydrogens is 504 g/mol. The second-order valence-electron chi connectivity index (χ2n) is 9.03. The molecule has 0 amide bonds. The fourth-order valence-corrected chi connectivity index (χ4v) is 3.53. The fraction of sp³-hybridized carbons (Fsp3) is 0.353. The van der Waals surface area contributed by atoms with E-state index in [1.54, 1.807) is 0 Å². The van der Waals surface area contributed by atoms with Gasteiger partial charge in [-0.15, -0.1) is 0 Å². The molecule has 2 saturated heterocycles. The van der Waals surface area contributed by atoms with E-state index in [2.05, 4.69) is 60.8 Å². The average molecular weight is 547 g/mol. The number of cyclic esters (lactones) is 4. The summed E-state index contributed by atoms with van der Waals surface area (Å²) in [6.45, 7) is 0.717. The summed E-state index contributed by atoms with van der Waals surface area (Å²) in [5.74, 6) is 0. The lowest BCUT2D eigenvalue weighted by Crippen LogP contribution is -2.08. The summed E-state index contributed by atoms with van der Waals surface area (Å²) in [7, 11) is 0. The molecule has 0 bridgehead atoms. The van der Waals surface area contributed by atoms with Crippen LogP contribution in [0.15, 0.2) is 122 Å². The second-order valence-corrected chi connectivity index (χ2v) is 9.03. The third-order valence-corrected chi connectivity index (χ3v) is 5.63. The zero-order valence-electron chi connectivity index (χ0n) is 23.2. The quantitative estimate of drug-likeness (QED) is 0.0916. The summed E-state index contributed by atoms with van der Waals surface area (Å²) in [5, 5.41) is 0. The van der Waals surface area contributed by atoms with Gasteiger partial charge >= 0.3 is 12.3 Å². The highest BCUT2D eigenvalue weighted by atomic mass is 16.8. The van der Waals surface area contributed by atoms with Crippen molar-refractivity contribution in [2.45, 2.75) is 63.6 Å².